The highest BCUT2D eigenvalue weighted by atomic mass is 16.1. The van der Waals surface area contributed by atoms with Crippen molar-refractivity contribution < 1.29 is 4.79 Å². The molecule has 75 valence electrons. The SMILES string of the molecule is C[CH]c1ccccc1C(=O)CC(C)C. The molecule has 14 heavy (non-hydrogen) atoms. The molecule has 0 N–H and O–H groups in total. The number of hydrogen-bond acceptors (Lipinski definition) is 1. The van der Waals surface area contributed by atoms with Gasteiger partial charge < -0.3 is 0 Å². The van der Waals surface area contributed by atoms with Crippen molar-refractivity contribution in [2.75, 3.05) is 0 Å². The second-order valence-electron chi connectivity index (χ2n) is 3.90. The maximum atomic E-state index is 11.8. The third-order valence-electron chi connectivity index (χ3n) is 2.17. The van der Waals surface area contributed by atoms with Gasteiger partial charge in [-0.3, -0.25) is 4.79 Å². The molecule has 1 aromatic rings. The average Bonchev–Trinajstić information content (AvgIpc) is 2.16. The summed E-state index contributed by atoms with van der Waals surface area (Å²) in [6, 6.07) is 7.76. The fraction of sp³-hybridized carbons (Fsp3) is 0.385. The van der Waals surface area contributed by atoms with Gasteiger partial charge in [0.25, 0.3) is 0 Å². The topological polar surface area (TPSA) is 17.1 Å². The fourth-order valence-electron chi connectivity index (χ4n) is 1.48. The van der Waals surface area contributed by atoms with Crippen molar-refractivity contribution in [2.24, 2.45) is 5.92 Å². The molecule has 0 saturated heterocycles. The first-order valence-electron chi connectivity index (χ1n) is 5.06. The minimum atomic E-state index is 0.244. The van der Waals surface area contributed by atoms with Gasteiger partial charge in [0.15, 0.2) is 5.78 Å². The van der Waals surface area contributed by atoms with E-state index >= 15 is 0 Å². The van der Waals surface area contributed by atoms with E-state index in [4.69, 9.17) is 0 Å². The molecule has 0 bridgehead atoms. The van der Waals surface area contributed by atoms with Gasteiger partial charge in [0.1, 0.15) is 0 Å². The van der Waals surface area contributed by atoms with E-state index in [2.05, 4.69) is 13.8 Å². The molecule has 1 rings (SSSR count). The zero-order chi connectivity index (χ0) is 10.6. The van der Waals surface area contributed by atoms with Gasteiger partial charge in [0.05, 0.1) is 0 Å². The van der Waals surface area contributed by atoms with Crippen LogP contribution in [0.5, 0.6) is 0 Å². The largest absolute Gasteiger partial charge is 0.294 e. The molecule has 0 fully saturated rings. The van der Waals surface area contributed by atoms with E-state index < -0.39 is 0 Å². The number of carbonyl (C=O) groups excluding carboxylic acids is 1. The van der Waals surface area contributed by atoms with Crippen LogP contribution in [0.15, 0.2) is 24.3 Å². The van der Waals surface area contributed by atoms with Crippen LogP contribution in [0.3, 0.4) is 0 Å². The van der Waals surface area contributed by atoms with Crippen LogP contribution in [-0.4, -0.2) is 5.78 Å². The van der Waals surface area contributed by atoms with Crippen LogP contribution < -0.4 is 0 Å². The van der Waals surface area contributed by atoms with Gasteiger partial charge in [-0.1, -0.05) is 45.0 Å². The summed E-state index contributed by atoms with van der Waals surface area (Å²) in [5, 5.41) is 0. The lowest BCUT2D eigenvalue weighted by atomic mass is 9.96. The summed E-state index contributed by atoms with van der Waals surface area (Å²) in [5.41, 5.74) is 1.89. The maximum absolute atomic E-state index is 11.8. The molecule has 1 aromatic carbocycles. The molecule has 0 heterocycles. The summed E-state index contributed by atoms with van der Waals surface area (Å²) in [6.07, 6.45) is 2.61. The Morgan fingerprint density at radius 2 is 2.00 bits per heavy atom. The van der Waals surface area contributed by atoms with Gasteiger partial charge in [-0.2, -0.15) is 0 Å². The van der Waals surface area contributed by atoms with Crippen LogP contribution >= 0.6 is 0 Å². The minimum Gasteiger partial charge on any atom is -0.294 e. The summed E-state index contributed by atoms with van der Waals surface area (Å²) in [7, 11) is 0. The fourth-order valence-corrected chi connectivity index (χ4v) is 1.48. The van der Waals surface area contributed by atoms with E-state index in [1.165, 1.54) is 0 Å². The first-order chi connectivity index (χ1) is 6.65. The van der Waals surface area contributed by atoms with Gasteiger partial charge in [-0.15, -0.1) is 0 Å². The van der Waals surface area contributed by atoms with E-state index in [9.17, 15) is 4.79 Å². The third kappa shape index (κ3) is 2.69. The number of ketones is 1. The molecule has 1 nitrogen and oxygen atoms in total. The molecular weight excluding hydrogens is 172 g/mol. The van der Waals surface area contributed by atoms with Crippen molar-refractivity contribution in [1.82, 2.24) is 0 Å². The van der Waals surface area contributed by atoms with E-state index in [0.29, 0.717) is 12.3 Å². The van der Waals surface area contributed by atoms with Gasteiger partial charge in [-0.05, 0) is 17.9 Å². The third-order valence-corrected chi connectivity index (χ3v) is 2.17. The Labute approximate surface area is 86.1 Å². The van der Waals surface area contributed by atoms with Crippen molar-refractivity contribution in [3.05, 3.63) is 41.8 Å². The Morgan fingerprint density at radius 1 is 1.36 bits per heavy atom. The van der Waals surface area contributed by atoms with Crippen LogP contribution in [0.2, 0.25) is 0 Å². The van der Waals surface area contributed by atoms with Crippen molar-refractivity contribution >= 4 is 5.78 Å². The van der Waals surface area contributed by atoms with E-state index in [1.54, 1.807) is 0 Å². The van der Waals surface area contributed by atoms with Crippen molar-refractivity contribution in [1.29, 1.82) is 0 Å². The Kier molecular flexibility index (Phi) is 3.87. The lowest BCUT2D eigenvalue weighted by molar-refractivity contribution is 0.0967. The van der Waals surface area contributed by atoms with Gasteiger partial charge in [0, 0.05) is 12.0 Å². The number of carbonyl (C=O) groups is 1. The van der Waals surface area contributed by atoms with E-state index in [0.717, 1.165) is 11.1 Å². The van der Waals surface area contributed by atoms with Gasteiger partial charge in [-0.25, -0.2) is 0 Å². The predicted molar refractivity (Wildman–Crippen MR) is 59.3 cm³/mol. The normalized spacial score (nSPS) is 10.6. The summed E-state index contributed by atoms with van der Waals surface area (Å²) < 4.78 is 0. The zero-order valence-electron chi connectivity index (χ0n) is 9.08. The second-order valence-corrected chi connectivity index (χ2v) is 3.90. The Balaban J connectivity index is 2.88. The molecule has 0 spiro atoms. The Hall–Kier alpha value is -1.11. The lowest BCUT2D eigenvalue weighted by Crippen LogP contribution is -2.05. The highest BCUT2D eigenvalue weighted by Crippen LogP contribution is 2.15. The zero-order valence-corrected chi connectivity index (χ0v) is 9.08. The molecule has 0 unspecified atom stereocenters. The Morgan fingerprint density at radius 3 is 2.57 bits per heavy atom. The Bertz CT molecular complexity index is 313. The molecule has 0 saturated carbocycles. The summed E-state index contributed by atoms with van der Waals surface area (Å²) in [5.74, 6) is 0.668. The van der Waals surface area contributed by atoms with Gasteiger partial charge in [0.2, 0.25) is 0 Å². The van der Waals surface area contributed by atoms with Crippen LogP contribution in [0, 0.1) is 12.3 Å². The smallest absolute Gasteiger partial charge is 0.163 e. The standard InChI is InChI=1S/C13H17O/c1-4-11-7-5-6-8-12(11)13(14)9-10(2)3/h4-8,10H,9H2,1-3H3. The van der Waals surface area contributed by atoms with Crippen LogP contribution in [-0.2, 0) is 0 Å². The molecule has 0 aromatic heterocycles. The van der Waals surface area contributed by atoms with E-state index in [-0.39, 0.29) is 5.78 Å². The summed E-state index contributed by atoms with van der Waals surface area (Å²) >= 11 is 0. The van der Waals surface area contributed by atoms with Crippen molar-refractivity contribution in [3.63, 3.8) is 0 Å². The molecule has 0 atom stereocenters. The number of rotatable bonds is 4. The van der Waals surface area contributed by atoms with Gasteiger partial charge >= 0.3 is 0 Å². The summed E-state index contributed by atoms with van der Waals surface area (Å²) in [6.45, 7) is 6.09. The lowest BCUT2D eigenvalue weighted by Gasteiger charge is -2.07. The molecule has 0 aliphatic rings. The van der Waals surface area contributed by atoms with Crippen LogP contribution in [0.1, 0.15) is 43.1 Å². The summed E-state index contributed by atoms with van der Waals surface area (Å²) in [4.78, 5) is 11.8. The highest BCUT2D eigenvalue weighted by molar-refractivity contribution is 5.97. The minimum absolute atomic E-state index is 0.244. The maximum Gasteiger partial charge on any atom is 0.163 e. The second kappa shape index (κ2) is 4.94. The monoisotopic (exact) mass is 189 g/mol. The quantitative estimate of drug-likeness (QED) is 0.663. The first-order valence-corrected chi connectivity index (χ1v) is 5.06. The average molecular weight is 189 g/mol. The molecule has 1 heteroatoms. The predicted octanol–water partition coefficient (Wildman–Crippen LogP) is 3.49. The van der Waals surface area contributed by atoms with E-state index in [1.807, 2.05) is 37.6 Å². The molecule has 0 amide bonds. The van der Waals surface area contributed by atoms with Crippen molar-refractivity contribution in [3.8, 4) is 0 Å². The van der Waals surface area contributed by atoms with Crippen molar-refractivity contribution in [2.45, 2.75) is 27.2 Å². The molecular formula is C13H17O. The first kappa shape index (κ1) is 11.0. The number of benzene rings is 1. The highest BCUT2D eigenvalue weighted by Gasteiger charge is 2.10. The molecule has 1 radical (unpaired) electrons. The number of Topliss-reactive ketones (excluding diaryl/α,β-unsaturated/α-hetero) is 1. The van der Waals surface area contributed by atoms with Crippen LogP contribution in [0.4, 0.5) is 0 Å². The number of hydrogen-bond donors (Lipinski definition) is 0. The van der Waals surface area contributed by atoms with Crippen LogP contribution in [0.25, 0.3) is 0 Å². The molecule has 0 aliphatic heterocycles. The molecule has 0 aliphatic carbocycles.